The van der Waals surface area contributed by atoms with Crippen LogP contribution in [0.15, 0.2) is 0 Å². The Morgan fingerprint density at radius 3 is 2.78 bits per heavy atom. The first-order valence-corrected chi connectivity index (χ1v) is 2.67. The van der Waals surface area contributed by atoms with Gasteiger partial charge in [-0.2, -0.15) is 0 Å². The minimum Gasteiger partial charge on any atom is -0.394 e. The van der Waals surface area contributed by atoms with Crippen LogP contribution in [0.5, 0.6) is 0 Å². The Morgan fingerprint density at radius 1 is 1.89 bits per heavy atom. The molecule has 0 spiro atoms. The molecule has 1 aliphatic rings. The van der Waals surface area contributed by atoms with E-state index < -0.39 is 6.04 Å². The monoisotopic (exact) mass is 131 g/mol. The van der Waals surface area contributed by atoms with Crippen LogP contribution in [0.25, 0.3) is 0 Å². The maximum absolute atomic E-state index is 10.5. The van der Waals surface area contributed by atoms with Gasteiger partial charge in [0.05, 0.1) is 12.6 Å². The molecular weight excluding hydrogens is 122 g/mol. The fraction of sp³-hybridized carbons (Fsp3) is 0.750. The summed E-state index contributed by atoms with van der Waals surface area (Å²) >= 11 is 0. The van der Waals surface area contributed by atoms with E-state index in [0.717, 1.165) is 0 Å². The Hall–Kier alpha value is -0.650. The Kier molecular flexibility index (Phi) is 1.65. The fourth-order valence-corrected chi connectivity index (χ4v) is 0.785. The number of nitrogens with two attached hydrogens (primary N) is 1. The minimum absolute atomic E-state index is 0.0688. The number of aliphatic hydroxyl groups excluding tert-OH is 1. The molecule has 0 aliphatic carbocycles. The van der Waals surface area contributed by atoms with E-state index in [-0.39, 0.29) is 18.6 Å². The van der Waals surface area contributed by atoms with E-state index in [1.54, 1.807) is 0 Å². The highest BCUT2D eigenvalue weighted by Gasteiger charge is 2.37. The highest BCUT2D eigenvalue weighted by atomic mass is 16.3. The second kappa shape index (κ2) is 2.30. The van der Waals surface area contributed by atoms with Crippen molar-refractivity contribution in [3.63, 3.8) is 0 Å². The van der Waals surface area contributed by atoms with Gasteiger partial charge in [-0.1, -0.05) is 0 Å². The van der Waals surface area contributed by atoms with Crippen molar-refractivity contribution >= 4 is 5.91 Å². The number of carbonyl (C=O) groups excluding carboxylic acids is 1. The number of β-lactam (4-membered cyclic amide) rings is 1. The van der Waals surface area contributed by atoms with Gasteiger partial charge in [0.2, 0.25) is 5.91 Å². The number of nitrogens with one attached hydrogen (secondary N) is 2. The van der Waals surface area contributed by atoms with Crippen LogP contribution in [0.4, 0.5) is 0 Å². The number of rotatable bonds is 2. The van der Waals surface area contributed by atoms with E-state index >= 15 is 0 Å². The van der Waals surface area contributed by atoms with Crippen molar-refractivity contribution in [1.29, 1.82) is 0 Å². The van der Waals surface area contributed by atoms with Gasteiger partial charge < -0.3 is 10.4 Å². The van der Waals surface area contributed by atoms with Crippen LogP contribution in [0, 0.1) is 0 Å². The quantitative estimate of drug-likeness (QED) is 0.187. The maximum atomic E-state index is 10.5. The summed E-state index contributed by atoms with van der Waals surface area (Å²) in [5.74, 6) is 4.81. The second-order valence-electron chi connectivity index (χ2n) is 1.94. The number of hydrazine groups is 1. The largest absolute Gasteiger partial charge is 0.394 e. The lowest BCUT2D eigenvalue weighted by atomic mass is 10.0. The molecule has 1 amide bonds. The third-order valence-electron chi connectivity index (χ3n) is 1.39. The number of hydrogen-bond donors (Lipinski definition) is 4. The summed E-state index contributed by atoms with van der Waals surface area (Å²) in [5.41, 5.74) is 2.28. The molecule has 0 aromatic rings. The van der Waals surface area contributed by atoms with E-state index in [2.05, 4.69) is 10.7 Å². The molecule has 9 heavy (non-hydrogen) atoms. The zero-order valence-electron chi connectivity index (χ0n) is 4.79. The van der Waals surface area contributed by atoms with Crippen LogP contribution in [0.2, 0.25) is 0 Å². The summed E-state index contributed by atoms with van der Waals surface area (Å²) in [6, 6.07) is -0.613. The number of carbonyl (C=O) groups is 1. The van der Waals surface area contributed by atoms with Crippen LogP contribution in [-0.4, -0.2) is 29.7 Å². The average molecular weight is 131 g/mol. The topological polar surface area (TPSA) is 87.4 Å². The third-order valence-corrected chi connectivity index (χ3v) is 1.39. The Bertz CT molecular complexity index is 127. The SMILES string of the molecule is NNC1C(=O)NC1CO. The van der Waals surface area contributed by atoms with Crippen molar-refractivity contribution in [2.24, 2.45) is 5.84 Å². The normalized spacial score (nSPS) is 33.3. The first-order chi connectivity index (χ1) is 4.29. The summed E-state index contributed by atoms with van der Waals surface area (Å²) in [6.07, 6.45) is 0. The third kappa shape index (κ3) is 0.893. The van der Waals surface area contributed by atoms with Gasteiger partial charge in [0.1, 0.15) is 6.04 Å². The standard InChI is InChI=1S/C4H9N3O2/c5-7-3-2(1-8)6-4(3)9/h2-3,7-8H,1,5H2,(H,6,9). The average Bonchev–Trinajstić information content (AvgIpc) is 1.83. The summed E-state index contributed by atoms with van der Waals surface area (Å²) in [5, 5.41) is 11.0. The van der Waals surface area contributed by atoms with Gasteiger partial charge in [0, 0.05) is 0 Å². The molecule has 1 aliphatic heterocycles. The predicted molar refractivity (Wildman–Crippen MR) is 30.1 cm³/mol. The van der Waals surface area contributed by atoms with Gasteiger partial charge >= 0.3 is 0 Å². The molecule has 2 atom stereocenters. The molecule has 5 nitrogen and oxygen atoms in total. The van der Waals surface area contributed by atoms with Crippen molar-refractivity contribution in [3.05, 3.63) is 0 Å². The van der Waals surface area contributed by atoms with Crippen molar-refractivity contribution in [1.82, 2.24) is 10.7 Å². The zero-order chi connectivity index (χ0) is 6.85. The molecule has 52 valence electrons. The summed E-state index contributed by atoms with van der Waals surface area (Å²) in [4.78, 5) is 10.5. The van der Waals surface area contributed by atoms with Crippen molar-refractivity contribution in [2.45, 2.75) is 12.1 Å². The Balaban J connectivity index is 2.38. The number of aliphatic hydroxyl groups is 1. The fourth-order valence-electron chi connectivity index (χ4n) is 0.785. The lowest BCUT2D eigenvalue weighted by Crippen LogP contribution is -2.70. The summed E-state index contributed by atoms with van der Waals surface area (Å²) in [6.45, 7) is -0.0688. The van der Waals surface area contributed by atoms with Gasteiger partial charge in [-0.05, 0) is 0 Å². The van der Waals surface area contributed by atoms with Gasteiger partial charge in [0.15, 0.2) is 0 Å². The van der Waals surface area contributed by atoms with Crippen LogP contribution in [0.1, 0.15) is 0 Å². The summed E-state index contributed by atoms with van der Waals surface area (Å²) < 4.78 is 0. The molecule has 0 bridgehead atoms. The molecule has 0 aromatic carbocycles. The lowest BCUT2D eigenvalue weighted by molar-refractivity contribution is -0.132. The Labute approximate surface area is 52.2 Å². The van der Waals surface area contributed by atoms with Crippen molar-refractivity contribution in [2.75, 3.05) is 6.61 Å². The van der Waals surface area contributed by atoms with Crippen LogP contribution in [0.3, 0.4) is 0 Å². The molecule has 1 rings (SSSR count). The highest BCUT2D eigenvalue weighted by Crippen LogP contribution is 2.02. The molecule has 1 heterocycles. The minimum atomic E-state index is -0.407. The molecule has 0 aromatic heterocycles. The van der Waals surface area contributed by atoms with Gasteiger partial charge in [-0.3, -0.25) is 10.6 Å². The number of hydrogen-bond acceptors (Lipinski definition) is 4. The first-order valence-electron chi connectivity index (χ1n) is 2.67. The van der Waals surface area contributed by atoms with Crippen LogP contribution in [-0.2, 0) is 4.79 Å². The van der Waals surface area contributed by atoms with E-state index in [0.29, 0.717) is 0 Å². The molecule has 5 heteroatoms. The molecule has 1 fully saturated rings. The first kappa shape index (κ1) is 6.47. The molecule has 2 unspecified atom stereocenters. The molecule has 0 saturated carbocycles. The van der Waals surface area contributed by atoms with Gasteiger partial charge in [0.25, 0.3) is 0 Å². The van der Waals surface area contributed by atoms with Crippen molar-refractivity contribution < 1.29 is 9.90 Å². The molecule has 1 saturated heterocycles. The summed E-state index contributed by atoms with van der Waals surface area (Å²) in [7, 11) is 0. The molecule has 0 radical (unpaired) electrons. The van der Waals surface area contributed by atoms with Crippen molar-refractivity contribution in [3.8, 4) is 0 Å². The molecule has 5 N–H and O–H groups in total. The second-order valence-corrected chi connectivity index (χ2v) is 1.94. The van der Waals surface area contributed by atoms with Gasteiger partial charge in [-0.25, -0.2) is 5.43 Å². The van der Waals surface area contributed by atoms with Gasteiger partial charge in [-0.15, -0.1) is 0 Å². The smallest absolute Gasteiger partial charge is 0.241 e. The van der Waals surface area contributed by atoms with Crippen LogP contribution >= 0.6 is 0 Å². The van der Waals surface area contributed by atoms with E-state index in [9.17, 15) is 4.79 Å². The number of amides is 1. The predicted octanol–water partition coefficient (Wildman–Crippen LogP) is -2.69. The lowest BCUT2D eigenvalue weighted by Gasteiger charge is -2.34. The zero-order valence-corrected chi connectivity index (χ0v) is 4.79. The highest BCUT2D eigenvalue weighted by molar-refractivity contribution is 5.89. The van der Waals surface area contributed by atoms with E-state index in [1.807, 2.05) is 0 Å². The van der Waals surface area contributed by atoms with Crippen LogP contribution < -0.4 is 16.6 Å². The van der Waals surface area contributed by atoms with E-state index in [4.69, 9.17) is 10.9 Å². The maximum Gasteiger partial charge on any atom is 0.241 e. The van der Waals surface area contributed by atoms with E-state index in [1.165, 1.54) is 0 Å². The molecular formula is C4H9N3O2. The Morgan fingerprint density at radius 2 is 2.56 bits per heavy atom.